The number of hydrogen-bond donors (Lipinski definition) is 2. The van der Waals surface area contributed by atoms with E-state index in [1.807, 2.05) is 0 Å². The molecule has 1 aromatic carbocycles. The van der Waals surface area contributed by atoms with Crippen LogP contribution < -0.4 is 10.1 Å². The minimum atomic E-state index is -0.560. The van der Waals surface area contributed by atoms with Crippen molar-refractivity contribution >= 4 is 28.6 Å². The molecule has 2 N–H and O–H groups in total. The zero-order valence-electron chi connectivity index (χ0n) is 10.3. The summed E-state index contributed by atoms with van der Waals surface area (Å²) < 4.78 is 19.0. The Morgan fingerprint density at radius 3 is 2.95 bits per heavy atom. The first-order valence-corrected chi connectivity index (χ1v) is 6.07. The van der Waals surface area contributed by atoms with Crippen LogP contribution in [-0.4, -0.2) is 27.2 Å². The van der Waals surface area contributed by atoms with Crippen molar-refractivity contribution in [3.8, 4) is 11.6 Å². The maximum absolute atomic E-state index is 13.4. The van der Waals surface area contributed by atoms with Gasteiger partial charge in [0.25, 0.3) is 0 Å². The summed E-state index contributed by atoms with van der Waals surface area (Å²) in [6, 6.07) is 4.16. The van der Waals surface area contributed by atoms with Gasteiger partial charge < -0.3 is 10.1 Å². The normalized spacial score (nSPS) is 10.8. The smallest absolute Gasteiger partial charge is 0.235 e. The van der Waals surface area contributed by atoms with Crippen molar-refractivity contribution in [2.45, 2.75) is 0 Å². The van der Waals surface area contributed by atoms with Crippen LogP contribution in [-0.2, 0) is 0 Å². The minimum Gasteiger partial charge on any atom is -0.438 e. The number of anilines is 1. The Morgan fingerprint density at radius 1 is 1.35 bits per heavy atom. The molecule has 20 heavy (non-hydrogen) atoms. The zero-order valence-corrected chi connectivity index (χ0v) is 11.1. The van der Waals surface area contributed by atoms with Gasteiger partial charge in [-0.25, -0.2) is 4.39 Å². The van der Waals surface area contributed by atoms with Gasteiger partial charge in [-0.2, -0.15) is 15.1 Å². The third-order valence-electron chi connectivity index (χ3n) is 2.60. The largest absolute Gasteiger partial charge is 0.438 e. The number of H-pyrrole nitrogens is 1. The number of nitrogens with one attached hydrogen (secondary N) is 2. The van der Waals surface area contributed by atoms with Crippen LogP contribution in [0.4, 0.5) is 10.3 Å². The van der Waals surface area contributed by atoms with Crippen LogP contribution in [0.25, 0.3) is 11.0 Å². The van der Waals surface area contributed by atoms with Crippen LogP contribution in [0.2, 0.25) is 5.02 Å². The van der Waals surface area contributed by atoms with Crippen molar-refractivity contribution in [1.82, 2.24) is 20.2 Å². The minimum absolute atomic E-state index is 0.0319. The number of aromatic amines is 1. The van der Waals surface area contributed by atoms with Crippen LogP contribution in [0, 0.1) is 5.82 Å². The Hall–Kier alpha value is -2.41. The number of fused-ring (bicyclic) bond motifs is 1. The van der Waals surface area contributed by atoms with E-state index < -0.39 is 5.82 Å². The van der Waals surface area contributed by atoms with Crippen LogP contribution in [0.1, 0.15) is 0 Å². The molecule has 102 valence electrons. The first-order valence-electron chi connectivity index (χ1n) is 5.69. The fraction of sp³-hybridized carbons (Fsp3) is 0.0833. The van der Waals surface area contributed by atoms with Gasteiger partial charge in [0.2, 0.25) is 11.8 Å². The Kier molecular flexibility index (Phi) is 3.11. The first kappa shape index (κ1) is 12.6. The highest BCUT2D eigenvalue weighted by Crippen LogP contribution is 2.29. The summed E-state index contributed by atoms with van der Waals surface area (Å²) in [6.45, 7) is 0. The van der Waals surface area contributed by atoms with E-state index in [0.717, 1.165) is 0 Å². The topological polar surface area (TPSA) is 75.7 Å². The van der Waals surface area contributed by atoms with Gasteiger partial charge in [0.15, 0.2) is 5.65 Å². The molecule has 0 aliphatic rings. The SMILES string of the molecule is CNc1nc(Oc2ccc(Cl)c(F)c2)c2cn[nH]c2n1. The van der Waals surface area contributed by atoms with Gasteiger partial charge >= 0.3 is 0 Å². The van der Waals surface area contributed by atoms with Gasteiger partial charge in [0, 0.05) is 13.1 Å². The van der Waals surface area contributed by atoms with E-state index >= 15 is 0 Å². The molecule has 2 heterocycles. The molecule has 0 bridgehead atoms. The van der Waals surface area contributed by atoms with E-state index in [9.17, 15) is 4.39 Å². The maximum atomic E-state index is 13.4. The highest BCUT2D eigenvalue weighted by atomic mass is 35.5. The van der Waals surface area contributed by atoms with Gasteiger partial charge in [0.05, 0.1) is 11.2 Å². The molecule has 0 spiro atoms. The second-order valence-corrected chi connectivity index (χ2v) is 4.32. The van der Waals surface area contributed by atoms with Crippen LogP contribution in [0.5, 0.6) is 11.6 Å². The molecule has 2 aromatic heterocycles. The van der Waals surface area contributed by atoms with E-state index in [-0.39, 0.29) is 16.7 Å². The quantitative estimate of drug-likeness (QED) is 0.776. The molecule has 8 heteroatoms. The van der Waals surface area contributed by atoms with E-state index in [1.54, 1.807) is 13.1 Å². The highest BCUT2D eigenvalue weighted by Gasteiger charge is 2.12. The lowest BCUT2D eigenvalue weighted by molar-refractivity contribution is 0.464. The molecule has 0 fully saturated rings. The van der Waals surface area contributed by atoms with Gasteiger partial charge in [0.1, 0.15) is 17.0 Å². The average Bonchev–Trinajstić information content (AvgIpc) is 2.91. The van der Waals surface area contributed by atoms with E-state index in [1.165, 1.54) is 18.3 Å². The zero-order chi connectivity index (χ0) is 14.1. The number of nitrogens with zero attached hydrogens (tertiary/aromatic N) is 3. The molecule has 0 radical (unpaired) electrons. The van der Waals surface area contributed by atoms with Gasteiger partial charge in [-0.05, 0) is 12.1 Å². The summed E-state index contributed by atoms with van der Waals surface area (Å²) in [5, 5.41) is 10.0. The molecule has 0 amide bonds. The first-order chi connectivity index (χ1) is 9.67. The summed E-state index contributed by atoms with van der Waals surface area (Å²) in [6.07, 6.45) is 1.54. The predicted octanol–water partition coefficient (Wildman–Crippen LogP) is 2.98. The second-order valence-electron chi connectivity index (χ2n) is 3.91. The van der Waals surface area contributed by atoms with E-state index in [0.29, 0.717) is 17.0 Å². The lowest BCUT2D eigenvalue weighted by atomic mass is 10.3. The molecule has 0 aliphatic carbocycles. The predicted molar refractivity (Wildman–Crippen MR) is 72.7 cm³/mol. The van der Waals surface area contributed by atoms with Crippen molar-refractivity contribution in [3.05, 3.63) is 35.2 Å². The number of rotatable bonds is 3. The average molecular weight is 294 g/mol. The van der Waals surface area contributed by atoms with E-state index in [2.05, 4.69) is 25.5 Å². The highest BCUT2D eigenvalue weighted by molar-refractivity contribution is 6.30. The Balaban J connectivity index is 2.04. The van der Waals surface area contributed by atoms with Crippen LogP contribution in [0.3, 0.4) is 0 Å². The van der Waals surface area contributed by atoms with Crippen LogP contribution >= 0.6 is 11.6 Å². The molecule has 0 atom stereocenters. The molecule has 0 unspecified atom stereocenters. The lowest BCUT2D eigenvalue weighted by Crippen LogP contribution is -1.99. The molecule has 0 saturated carbocycles. The molecule has 3 rings (SSSR count). The van der Waals surface area contributed by atoms with Gasteiger partial charge in [-0.15, -0.1) is 0 Å². The Morgan fingerprint density at radius 2 is 2.20 bits per heavy atom. The molecule has 3 aromatic rings. The lowest BCUT2D eigenvalue weighted by Gasteiger charge is -2.07. The van der Waals surface area contributed by atoms with Crippen molar-refractivity contribution in [2.75, 3.05) is 12.4 Å². The fourth-order valence-electron chi connectivity index (χ4n) is 1.65. The van der Waals surface area contributed by atoms with Crippen molar-refractivity contribution in [1.29, 1.82) is 0 Å². The number of halogens is 2. The summed E-state index contributed by atoms with van der Waals surface area (Å²) in [5.74, 6) is 0.367. The summed E-state index contributed by atoms with van der Waals surface area (Å²) in [5.41, 5.74) is 0.522. The number of hydrogen-bond acceptors (Lipinski definition) is 5. The van der Waals surface area contributed by atoms with Crippen molar-refractivity contribution < 1.29 is 9.13 Å². The summed E-state index contributed by atoms with van der Waals surface area (Å²) in [7, 11) is 1.68. The monoisotopic (exact) mass is 293 g/mol. The molecule has 0 aliphatic heterocycles. The standard InChI is InChI=1S/C12H9ClFN5O/c1-15-12-17-10-7(5-16-19-10)11(18-12)20-6-2-3-8(13)9(14)4-6/h2-5H,1H3,(H2,15,16,17,18,19). The van der Waals surface area contributed by atoms with E-state index in [4.69, 9.17) is 16.3 Å². The number of benzene rings is 1. The summed E-state index contributed by atoms with van der Waals surface area (Å²) in [4.78, 5) is 8.35. The van der Waals surface area contributed by atoms with Crippen molar-refractivity contribution in [3.63, 3.8) is 0 Å². The molecule has 6 nitrogen and oxygen atoms in total. The molecule has 0 saturated heterocycles. The van der Waals surface area contributed by atoms with Crippen LogP contribution in [0.15, 0.2) is 24.4 Å². The number of aromatic nitrogens is 4. The molecular weight excluding hydrogens is 285 g/mol. The third-order valence-corrected chi connectivity index (χ3v) is 2.91. The third kappa shape index (κ3) is 2.23. The second kappa shape index (κ2) is 4.93. The maximum Gasteiger partial charge on any atom is 0.235 e. The van der Waals surface area contributed by atoms with Gasteiger partial charge in [-0.3, -0.25) is 5.10 Å². The van der Waals surface area contributed by atoms with Crippen molar-refractivity contribution in [2.24, 2.45) is 0 Å². The molecular formula is C12H9ClFN5O. The number of ether oxygens (including phenoxy) is 1. The van der Waals surface area contributed by atoms with Gasteiger partial charge in [-0.1, -0.05) is 11.6 Å². The fourth-order valence-corrected chi connectivity index (χ4v) is 1.77. The Labute approximate surface area is 118 Å². The Bertz CT molecular complexity index is 776. The summed E-state index contributed by atoms with van der Waals surface area (Å²) >= 11 is 5.63.